The lowest BCUT2D eigenvalue weighted by molar-refractivity contribution is -0.138. The van der Waals surface area contributed by atoms with Gasteiger partial charge in [-0.2, -0.15) is 0 Å². The van der Waals surface area contributed by atoms with Gasteiger partial charge in [-0.05, 0) is 179 Å². The predicted octanol–water partition coefficient (Wildman–Crippen LogP) is 13.9. The number of nitrogens with one attached hydrogen (secondary N) is 7. The number of nitrogens with zero attached hydrogens (tertiary/aromatic N) is 1. The number of benzene rings is 6. The van der Waals surface area contributed by atoms with E-state index < -0.39 is 23.7 Å². The smallest absolute Gasteiger partial charge is 0.303 e. The van der Waals surface area contributed by atoms with Crippen molar-refractivity contribution in [3.63, 3.8) is 0 Å². The molecule has 0 bridgehead atoms. The van der Waals surface area contributed by atoms with Crippen LogP contribution in [0, 0.1) is 35.5 Å². The first-order chi connectivity index (χ1) is 53.4. The Morgan fingerprint density at radius 3 is 0.894 bits per heavy atom. The molecule has 0 aliphatic heterocycles. The van der Waals surface area contributed by atoms with Crippen LogP contribution in [-0.2, 0) is 19.2 Å². The fourth-order valence-corrected chi connectivity index (χ4v) is 10.2. The number of rotatable bonds is 41. The van der Waals surface area contributed by atoms with E-state index in [1.807, 2.05) is 116 Å². The van der Waals surface area contributed by atoms with Gasteiger partial charge >= 0.3 is 5.97 Å². The standard InChI is InChI=1S/C30H44N4O5.C29H42N4O5.C26H33N3O7/c1-18(2)16-38-26-13-22(9-11-24(26)32-28(35)15-31)29(36)33-25-12-10-23(14-27(25)39-17-19(3)4)30(37)34(20(5)6)21(7)8;1-6-7-8-13-31-28(35)21-9-12-24(26(14-21)38-18-20(4)5)33-29(36)22-10-11-23(32-27(34)16-30)25(15-22)37-17-19(2)3;1-15(2)13-35-21-11-17(25(27)33)5-7-20(21)29-26(34)18-6-8-19(22(12-18)36-14-16(3)4)28-23(30)9-10-24(31)32/h9-14,18-21H,15-17,31H2,1-8H3,(H,32,35)(H,33,36);9-12,14-15,19-20H,6-8,13,16-18,30H2,1-5H3,(H,31,35)(H,32,34)(H,33,36);5-8,11-12,15-16H,9-10,13-14H2,1-4H3,(H2,27,33)(H,28,30)(H,29,34)(H,31,32). The van der Waals surface area contributed by atoms with Gasteiger partial charge in [0.25, 0.3) is 29.5 Å². The van der Waals surface area contributed by atoms with Crippen LogP contribution in [0.4, 0.5) is 34.1 Å². The van der Waals surface area contributed by atoms with Crippen molar-refractivity contribution in [1.82, 2.24) is 10.2 Å². The van der Waals surface area contributed by atoms with Crippen molar-refractivity contribution >= 4 is 93.3 Å². The van der Waals surface area contributed by atoms with Gasteiger partial charge < -0.3 is 92.8 Å². The predicted molar refractivity (Wildman–Crippen MR) is 442 cm³/mol. The number of carbonyl (C=O) groups is 10. The Balaban J connectivity index is 0.000000358. The van der Waals surface area contributed by atoms with Gasteiger partial charge in [-0.25, -0.2) is 0 Å². The first-order valence-corrected chi connectivity index (χ1v) is 38.4. The fraction of sp³-hybridized carbons (Fsp3) is 0.459. The van der Waals surface area contributed by atoms with E-state index in [0.717, 1.165) is 19.3 Å². The summed E-state index contributed by atoms with van der Waals surface area (Å²) < 4.78 is 35.3. The molecule has 6 aromatic carbocycles. The first-order valence-electron chi connectivity index (χ1n) is 38.4. The molecule has 6 aromatic rings. The number of hydrogen-bond donors (Lipinski definition) is 11. The maximum Gasteiger partial charge on any atom is 0.303 e. The van der Waals surface area contributed by atoms with Crippen LogP contribution in [0.15, 0.2) is 109 Å². The SMILES string of the molecule is CC(C)COc1cc(C(=O)Nc2ccc(C(=O)N(C(C)C)C(C)C)cc2OCC(C)C)ccc1NC(=O)CN.CC(C)COc1cc(C(=O)Nc2ccc(C(N)=O)cc2OCC(C)C)ccc1NC(=O)CCC(=O)O.CCCCCNC(=O)c1ccc(NC(=O)c2ccc(NC(=O)CN)c(OCC(C)C)c2)c(OCC(C)C)c1. The number of ether oxygens (including phenoxy) is 6. The molecule has 0 aromatic heterocycles. The Kier molecular flexibility index (Phi) is 39.8. The van der Waals surface area contributed by atoms with Crippen LogP contribution in [0.25, 0.3) is 0 Å². The Morgan fingerprint density at radius 1 is 0.354 bits per heavy atom. The fourth-order valence-electron chi connectivity index (χ4n) is 10.2. The number of nitrogens with two attached hydrogens (primary N) is 3. The third-order valence-corrected chi connectivity index (χ3v) is 15.8. The van der Waals surface area contributed by atoms with Crippen molar-refractivity contribution in [3.8, 4) is 34.5 Å². The summed E-state index contributed by atoms with van der Waals surface area (Å²) in [6.45, 7) is 36.6. The largest absolute Gasteiger partial charge is 0.491 e. The molecule has 6 rings (SSSR count). The molecule has 0 heterocycles. The van der Waals surface area contributed by atoms with E-state index in [1.54, 1.807) is 78.9 Å². The third-order valence-electron chi connectivity index (χ3n) is 15.8. The van der Waals surface area contributed by atoms with Crippen LogP contribution in [-0.4, -0.2) is 140 Å². The zero-order chi connectivity index (χ0) is 84.2. The molecule has 0 saturated carbocycles. The number of amides is 9. The van der Waals surface area contributed by atoms with Crippen molar-refractivity contribution < 1.29 is 81.5 Å². The Hall–Kier alpha value is -11.3. The molecule has 0 fully saturated rings. The third kappa shape index (κ3) is 33.3. The van der Waals surface area contributed by atoms with Crippen LogP contribution in [0.2, 0.25) is 0 Å². The van der Waals surface area contributed by atoms with Gasteiger partial charge in [0, 0.05) is 58.4 Å². The average molecular weight is 1570 g/mol. The number of aliphatic carboxylic acids is 1. The second-order valence-electron chi connectivity index (χ2n) is 30.0. The van der Waals surface area contributed by atoms with Crippen LogP contribution in [0.1, 0.15) is 212 Å². The van der Waals surface area contributed by atoms with E-state index in [1.165, 1.54) is 30.3 Å². The van der Waals surface area contributed by atoms with Crippen molar-refractivity contribution in [3.05, 3.63) is 143 Å². The molecule has 616 valence electrons. The number of carboxylic acids is 1. The van der Waals surface area contributed by atoms with Crippen molar-refractivity contribution in [2.75, 3.05) is 91.2 Å². The van der Waals surface area contributed by atoms with Crippen LogP contribution in [0.5, 0.6) is 34.5 Å². The van der Waals surface area contributed by atoms with E-state index in [0.29, 0.717) is 131 Å². The van der Waals surface area contributed by atoms with Crippen molar-refractivity contribution in [2.24, 2.45) is 52.7 Å². The molecule has 0 aliphatic rings. The molecule has 28 nitrogen and oxygen atoms in total. The minimum Gasteiger partial charge on any atom is -0.491 e. The number of primary amides is 1. The molecule has 28 heteroatoms. The zero-order valence-corrected chi connectivity index (χ0v) is 68.6. The van der Waals surface area contributed by atoms with Crippen molar-refractivity contribution in [1.29, 1.82) is 0 Å². The summed E-state index contributed by atoms with van der Waals surface area (Å²) in [7, 11) is 0. The summed E-state index contributed by atoms with van der Waals surface area (Å²) in [6, 6.07) is 28.7. The van der Waals surface area contributed by atoms with E-state index in [-0.39, 0.29) is 126 Å². The van der Waals surface area contributed by atoms with Crippen LogP contribution in [0.3, 0.4) is 0 Å². The highest BCUT2D eigenvalue weighted by atomic mass is 16.5. The molecule has 14 N–H and O–H groups in total. The highest BCUT2D eigenvalue weighted by Crippen LogP contribution is 2.35. The lowest BCUT2D eigenvalue weighted by Crippen LogP contribution is -2.42. The zero-order valence-electron chi connectivity index (χ0n) is 68.6. The molecule has 0 aliphatic carbocycles. The van der Waals surface area contributed by atoms with Crippen molar-refractivity contribution in [2.45, 2.75) is 162 Å². The van der Waals surface area contributed by atoms with E-state index >= 15 is 0 Å². The molecule has 0 radical (unpaired) electrons. The van der Waals surface area contributed by atoms with Gasteiger partial charge in [-0.15, -0.1) is 0 Å². The Morgan fingerprint density at radius 2 is 0.619 bits per heavy atom. The summed E-state index contributed by atoms with van der Waals surface area (Å²) in [5.74, 6) is -0.883. The lowest BCUT2D eigenvalue weighted by Gasteiger charge is -2.31. The van der Waals surface area contributed by atoms with Gasteiger partial charge in [0.15, 0.2) is 0 Å². The van der Waals surface area contributed by atoms with E-state index in [2.05, 4.69) is 44.1 Å². The number of carbonyl (C=O) groups excluding carboxylic acids is 9. The maximum absolute atomic E-state index is 13.3. The van der Waals surface area contributed by atoms with Gasteiger partial charge in [0.1, 0.15) is 34.5 Å². The number of carboxylic acid groups (broad SMARTS) is 1. The maximum atomic E-state index is 13.3. The van der Waals surface area contributed by atoms with E-state index in [9.17, 15) is 47.9 Å². The first kappa shape index (κ1) is 94.1. The molecule has 0 atom stereocenters. The summed E-state index contributed by atoms with van der Waals surface area (Å²) in [5.41, 5.74) is 20.8. The van der Waals surface area contributed by atoms with E-state index in [4.69, 9.17) is 50.7 Å². The number of unbranched alkanes of at least 4 members (excludes halogenated alkanes) is 2. The van der Waals surface area contributed by atoms with Gasteiger partial charge in [-0.3, -0.25) is 47.9 Å². The normalized spacial score (nSPS) is 10.9. The summed E-state index contributed by atoms with van der Waals surface area (Å²) >= 11 is 0. The van der Waals surface area contributed by atoms with Gasteiger partial charge in [0.05, 0.1) is 93.3 Å². The van der Waals surface area contributed by atoms with Crippen LogP contribution >= 0.6 is 0 Å². The highest BCUT2D eigenvalue weighted by molar-refractivity contribution is 6.09. The number of hydrogen-bond acceptors (Lipinski definition) is 18. The second kappa shape index (κ2) is 47.8. The summed E-state index contributed by atoms with van der Waals surface area (Å²) in [6.07, 6.45) is 2.56. The molecule has 0 spiro atoms. The molecule has 0 saturated heterocycles. The summed E-state index contributed by atoms with van der Waals surface area (Å²) in [4.78, 5) is 125. The molecule has 113 heavy (non-hydrogen) atoms. The molecule has 9 amide bonds. The Labute approximate surface area is 664 Å². The summed E-state index contributed by atoms with van der Waals surface area (Å²) in [5, 5.41) is 28.3. The Bertz CT molecular complexity index is 4170. The van der Waals surface area contributed by atoms with Gasteiger partial charge in [-0.1, -0.05) is 103 Å². The second-order valence-corrected chi connectivity index (χ2v) is 30.0. The monoisotopic (exact) mass is 1570 g/mol. The quantitative estimate of drug-likeness (QED) is 0.0159. The lowest BCUT2D eigenvalue weighted by atomic mass is 10.1. The minimum absolute atomic E-state index is 0.0293. The van der Waals surface area contributed by atoms with Gasteiger partial charge in [0.2, 0.25) is 23.6 Å². The molecular formula is C85H119N11O17. The minimum atomic E-state index is -1.07. The average Bonchev–Trinajstić information content (AvgIpc) is 0.821. The molecular weight excluding hydrogens is 1450 g/mol. The highest BCUT2D eigenvalue weighted by Gasteiger charge is 2.26. The molecule has 0 unspecified atom stereocenters. The van der Waals surface area contributed by atoms with Crippen LogP contribution < -0.4 is 82.8 Å². The topological polar surface area (TPSA) is 412 Å². The number of anilines is 6.